The van der Waals surface area contributed by atoms with Crippen LogP contribution in [-0.2, 0) is 4.74 Å². The molecule has 1 N–H and O–H groups in total. The molecule has 1 fully saturated rings. The SMILES string of the molecule is Cc1cc([N+](=O)[O-])ccc1C(=O)Nc1sc(-c2ccccc2)c(C)c1C(=O)N1CCOCC1. The van der Waals surface area contributed by atoms with E-state index < -0.39 is 10.8 Å². The Morgan fingerprint density at radius 2 is 1.79 bits per heavy atom. The standard InChI is InChI=1S/C24H23N3O5S/c1-15-14-18(27(30)31)8-9-19(15)22(28)25-23-20(24(29)26-10-12-32-13-11-26)16(2)21(33-23)17-6-4-3-5-7-17/h3-9,14H,10-13H2,1-2H3,(H,25,28). The number of nitro benzene ring substituents is 1. The van der Waals surface area contributed by atoms with Crippen molar-refractivity contribution in [3.8, 4) is 10.4 Å². The smallest absolute Gasteiger partial charge is 0.269 e. The van der Waals surface area contributed by atoms with E-state index in [1.54, 1.807) is 11.8 Å². The number of benzene rings is 2. The highest BCUT2D eigenvalue weighted by Crippen LogP contribution is 2.41. The first-order valence-electron chi connectivity index (χ1n) is 10.5. The Kier molecular flexibility index (Phi) is 6.52. The molecule has 1 saturated heterocycles. The number of morpholine rings is 1. The molecule has 8 nitrogen and oxygen atoms in total. The number of carbonyl (C=O) groups excluding carboxylic acids is 2. The van der Waals surface area contributed by atoms with Gasteiger partial charge in [0, 0.05) is 35.7 Å². The van der Waals surface area contributed by atoms with Crippen molar-refractivity contribution in [2.45, 2.75) is 13.8 Å². The maximum atomic E-state index is 13.4. The van der Waals surface area contributed by atoms with Crippen LogP contribution in [-0.4, -0.2) is 47.9 Å². The molecule has 0 bridgehead atoms. The van der Waals surface area contributed by atoms with Crippen LogP contribution in [0.3, 0.4) is 0 Å². The van der Waals surface area contributed by atoms with Gasteiger partial charge in [-0.15, -0.1) is 11.3 Å². The van der Waals surface area contributed by atoms with E-state index in [0.29, 0.717) is 48.0 Å². The summed E-state index contributed by atoms with van der Waals surface area (Å²) >= 11 is 1.35. The van der Waals surface area contributed by atoms with Crippen LogP contribution in [0.1, 0.15) is 31.8 Å². The second-order valence-corrected chi connectivity index (χ2v) is 8.76. The number of carbonyl (C=O) groups is 2. The summed E-state index contributed by atoms with van der Waals surface area (Å²) in [6.07, 6.45) is 0. The van der Waals surface area contributed by atoms with Gasteiger partial charge >= 0.3 is 0 Å². The van der Waals surface area contributed by atoms with Crippen LogP contribution in [0.2, 0.25) is 0 Å². The Hall–Kier alpha value is -3.56. The number of non-ortho nitro benzene ring substituents is 1. The van der Waals surface area contributed by atoms with Gasteiger partial charge in [0.15, 0.2) is 0 Å². The molecular formula is C24H23N3O5S. The lowest BCUT2D eigenvalue weighted by molar-refractivity contribution is -0.384. The van der Waals surface area contributed by atoms with Gasteiger partial charge in [-0.05, 0) is 36.6 Å². The third-order valence-electron chi connectivity index (χ3n) is 5.59. The lowest BCUT2D eigenvalue weighted by Crippen LogP contribution is -2.41. The van der Waals surface area contributed by atoms with E-state index >= 15 is 0 Å². The number of aryl methyl sites for hydroxylation is 1. The normalized spacial score (nSPS) is 13.6. The molecule has 2 amide bonds. The number of amides is 2. The summed E-state index contributed by atoms with van der Waals surface area (Å²) in [6, 6.07) is 13.8. The number of nitro groups is 1. The Morgan fingerprint density at radius 3 is 2.42 bits per heavy atom. The van der Waals surface area contributed by atoms with Crippen molar-refractivity contribution < 1.29 is 19.2 Å². The van der Waals surface area contributed by atoms with Gasteiger partial charge in [-0.3, -0.25) is 19.7 Å². The zero-order chi connectivity index (χ0) is 23.5. The van der Waals surface area contributed by atoms with E-state index in [-0.39, 0.29) is 11.6 Å². The van der Waals surface area contributed by atoms with E-state index in [2.05, 4.69) is 5.32 Å². The van der Waals surface area contributed by atoms with E-state index in [0.717, 1.165) is 16.0 Å². The fourth-order valence-electron chi connectivity index (χ4n) is 3.84. The largest absolute Gasteiger partial charge is 0.378 e. The van der Waals surface area contributed by atoms with Gasteiger partial charge in [-0.2, -0.15) is 0 Å². The summed E-state index contributed by atoms with van der Waals surface area (Å²) in [5.74, 6) is -0.566. The lowest BCUT2D eigenvalue weighted by atomic mass is 10.0. The Bertz CT molecular complexity index is 1220. The van der Waals surface area contributed by atoms with E-state index in [1.807, 2.05) is 37.3 Å². The molecule has 2 heterocycles. The van der Waals surface area contributed by atoms with Crippen molar-refractivity contribution in [1.82, 2.24) is 4.90 Å². The van der Waals surface area contributed by atoms with Crippen molar-refractivity contribution in [2.75, 3.05) is 31.6 Å². The van der Waals surface area contributed by atoms with Crippen LogP contribution in [0, 0.1) is 24.0 Å². The number of anilines is 1. The summed E-state index contributed by atoms with van der Waals surface area (Å²) in [5, 5.41) is 14.4. The molecule has 0 unspecified atom stereocenters. The van der Waals surface area contributed by atoms with Gasteiger partial charge in [0.25, 0.3) is 17.5 Å². The Balaban J connectivity index is 1.72. The number of hydrogen-bond acceptors (Lipinski definition) is 6. The van der Waals surface area contributed by atoms with Crippen molar-refractivity contribution >= 4 is 33.8 Å². The topological polar surface area (TPSA) is 102 Å². The summed E-state index contributed by atoms with van der Waals surface area (Å²) in [7, 11) is 0. The van der Waals surface area contributed by atoms with Gasteiger partial charge in [0.2, 0.25) is 0 Å². The number of ether oxygens (including phenoxy) is 1. The van der Waals surface area contributed by atoms with Crippen LogP contribution < -0.4 is 5.32 Å². The maximum Gasteiger partial charge on any atom is 0.269 e. The van der Waals surface area contributed by atoms with Crippen LogP contribution in [0.5, 0.6) is 0 Å². The second-order valence-electron chi connectivity index (χ2n) is 7.74. The minimum atomic E-state index is -0.497. The number of thiophene rings is 1. The average Bonchev–Trinajstić information content (AvgIpc) is 3.14. The zero-order valence-corrected chi connectivity index (χ0v) is 19.1. The number of rotatable bonds is 5. The van der Waals surface area contributed by atoms with Crippen molar-refractivity contribution in [1.29, 1.82) is 0 Å². The number of nitrogens with zero attached hydrogens (tertiary/aromatic N) is 2. The number of hydrogen-bond donors (Lipinski definition) is 1. The molecule has 1 aromatic heterocycles. The molecule has 2 aromatic carbocycles. The summed E-state index contributed by atoms with van der Waals surface area (Å²) in [5.41, 5.74) is 2.96. The van der Waals surface area contributed by atoms with Crippen LogP contribution >= 0.6 is 11.3 Å². The van der Waals surface area contributed by atoms with Crippen LogP contribution in [0.25, 0.3) is 10.4 Å². The Labute approximate surface area is 194 Å². The van der Waals surface area contributed by atoms with Crippen molar-refractivity contribution in [2.24, 2.45) is 0 Å². The van der Waals surface area contributed by atoms with Gasteiger partial charge in [0.1, 0.15) is 5.00 Å². The van der Waals surface area contributed by atoms with Gasteiger partial charge in [0.05, 0.1) is 23.7 Å². The first-order valence-corrected chi connectivity index (χ1v) is 11.3. The molecule has 1 aliphatic rings. The summed E-state index contributed by atoms with van der Waals surface area (Å²) in [6.45, 7) is 5.47. The molecule has 170 valence electrons. The molecule has 0 radical (unpaired) electrons. The molecule has 0 saturated carbocycles. The second kappa shape index (κ2) is 9.51. The number of nitrogens with one attached hydrogen (secondary N) is 1. The summed E-state index contributed by atoms with van der Waals surface area (Å²) in [4.78, 5) is 39.7. The third-order valence-corrected chi connectivity index (χ3v) is 6.84. The van der Waals surface area contributed by atoms with E-state index in [9.17, 15) is 19.7 Å². The fraction of sp³-hybridized carbons (Fsp3) is 0.250. The lowest BCUT2D eigenvalue weighted by Gasteiger charge is -2.27. The fourth-order valence-corrected chi connectivity index (χ4v) is 5.03. The molecule has 4 rings (SSSR count). The quantitative estimate of drug-likeness (QED) is 0.436. The highest BCUT2D eigenvalue weighted by atomic mass is 32.1. The average molecular weight is 466 g/mol. The first-order chi connectivity index (χ1) is 15.9. The third kappa shape index (κ3) is 4.64. The Morgan fingerprint density at radius 1 is 1.09 bits per heavy atom. The van der Waals surface area contributed by atoms with E-state index in [4.69, 9.17) is 4.74 Å². The molecule has 0 atom stereocenters. The summed E-state index contributed by atoms with van der Waals surface area (Å²) < 4.78 is 5.37. The van der Waals surface area contributed by atoms with Gasteiger partial charge in [-0.1, -0.05) is 30.3 Å². The molecule has 0 aliphatic carbocycles. The van der Waals surface area contributed by atoms with E-state index in [1.165, 1.54) is 29.5 Å². The highest BCUT2D eigenvalue weighted by molar-refractivity contribution is 7.20. The minimum absolute atomic E-state index is 0.0782. The van der Waals surface area contributed by atoms with Crippen molar-refractivity contribution in [3.05, 3.63) is 80.9 Å². The van der Waals surface area contributed by atoms with Crippen molar-refractivity contribution in [3.63, 3.8) is 0 Å². The predicted octanol–water partition coefficient (Wildman–Crippen LogP) is 4.66. The highest BCUT2D eigenvalue weighted by Gasteiger charge is 2.28. The van der Waals surface area contributed by atoms with Gasteiger partial charge in [-0.25, -0.2) is 0 Å². The van der Waals surface area contributed by atoms with Crippen LogP contribution in [0.15, 0.2) is 48.5 Å². The molecule has 1 aliphatic heterocycles. The minimum Gasteiger partial charge on any atom is -0.378 e. The van der Waals surface area contributed by atoms with Gasteiger partial charge < -0.3 is 15.0 Å². The monoisotopic (exact) mass is 465 g/mol. The predicted molar refractivity (Wildman–Crippen MR) is 127 cm³/mol. The molecule has 33 heavy (non-hydrogen) atoms. The molecule has 3 aromatic rings. The molecular weight excluding hydrogens is 442 g/mol. The molecule has 0 spiro atoms. The first kappa shape index (κ1) is 22.6. The zero-order valence-electron chi connectivity index (χ0n) is 18.3. The maximum absolute atomic E-state index is 13.4. The molecule has 9 heteroatoms. The van der Waals surface area contributed by atoms with Crippen LogP contribution in [0.4, 0.5) is 10.7 Å².